The van der Waals surface area contributed by atoms with E-state index in [1.54, 1.807) is 0 Å². The van der Waals surface area contributed by atoms with Crippen molar-refractivity contribution in [2.45, 2.75) is 19.3 Å². The largest absolute Gasteiger partial charge is 0.481 e. The number of amides is 1. The maximum absolute atomic E-state index is 11.9. The molecule has 6 nitrogen and oxygen atoms in total. The third-order valence-corrected chi connectivity index (χ3v) is 3.25. The minimum Gasteiger partial charge on any atom is -0.481 e. The molecule has 1 aromatic heterocycles. The normalized spacial score (nSPS) is 22.7. The van der Waals surface area contributed by atoms with Crippen LogP contribution in [-0.4, -0.2) is 27.2 Å². The molecule has 0 bridgehead atoms. The molecule has 18 heavy (non-hydrogen) atoms. The van der Waals surface area contributed by atoms with Gasteiger partial charge in [-0.15, -0.1) is 10.2 Å². The summed E-state index contributed by atoms with van der Waals surface area (Å²) in [6, 6.07) is 3.03. The number of nitrogens with zero attached hydrogens (tertiary/aromatic N) is 2. The van der Waals surface area contributed by atoms with E-state index in [0.29, 0.717) is 12.8 Å². The predicted octanol–water partition coefficient (Wildman–Crippen LogP) is 1.57. The summed E-state index contributed by atoms with van der Waals surface area (Å²) in [5.74, 6) is -2.07. The van der Waals surface area contributed by atoms with Crippen molar-refractivity contribution in [3.8, 4) is 0 Å². The second-order valence-corrected chi connectivity index (χ2v) is 4.60. The molecule has 1 amide bonds. The minimum absolute atomic E-state index is 0.234. The third-order valence-electron chi connectivity index (χ3n) is 3.05. The Morgan fingerprint density at radius 1 is 1.28 bits per heavy atom. The second kappa shape index (κ2) is 5.30. The highest BCUT2D eigenvalue weighted by Gasteiger charge is 2.37. The van der Waals surface area contributed by atoms with Gasteiger partial charge in [0.15, 0.2) is 11.0 Å². The molecule has 1 heterocycles. The van der Waals surface area contributed by atoms with Gasteiger partial charge in [-0.1, -0.05) is 18.0 Å². The van der Waals surface area contributed by atoms with E-state index < -0.39 is 17.8 Å². The molecule has 0 aromatic carbocycles. The maximum atomic E-state index is 11.9. The lowest BCUT2D eigenvalue weighted by Gasteiger charge is -2.14. The monoisotopic (exact) mass is 269 g/mol. The van der Waals surface area contributed by atoms with Gasteiger partial charge < -0.3 is 10.4 Å². The van der Waals surface area contributed by atoms with Crippen molar-refractivity contribution < 1.29 is 14.7 Å². The standard InChI is InChI=1S/C11H12ClN3O3/c12-8-4-5-9(15-14-8)13-10(16)6-2-1-3-7(6)11(17)18/h4-7H,1-3H2,(H,17,18)(H,13,15,16). The van der Waals surface area contributed by atoms with Crippen LogP contribution in [0.1, 0.15) is 19.3 Å². The Hall–Kier alpha value is -1.69. The van der Waals surface area contributed by atoms with Gasteiger partial charge >= 0.3 is 5.97 Å². The number of nitrogens with one attached hydrogen (secondary N) is 1. The van der Waals surface area contributed by atoms with E-state index in [1.165, 1.54) is 12.1 Å². The molecule has 2 atom stereocenters. The van der Waals surface area contributed by atoms with Gasteiger partial charge in [0.1, 0.15) is 0 Å². The Balaban J connectivity index is 2.03. The first kappa shape index (κ1) is 12.8. The topological polar surface area (TPSA) is 92.2 Å². The number of rotatable bonds is 3. The first-order valence-corrected chi connectivity index (χ1v) is 5.98. The number of aliphatic carboxylic acids is 1. The van der Waals surface area contributed by atoms with Gasteiger partial charge in [-0.3, -0.25) is 9.59 Å². The fraction of sp³-hybridized carbons (Fsp3) is 0.455. The molecule has 2 unspecified atom stereocenters. The Bertz CT molecular complexity index is 463. The summed E-state index contributed by atoms with van der Waals surface area (Å²) >= 11 is 5.58. The Kier molecular flexibility index (Phi) is 3.76. The summed E-state index contributed by atoms with van der Waals surface area (Å²) in [5.41, 5.74) is 0. The van der Waals surface area contributed by atoms with Crippen molar-refractivity contribution in [1.29, 1.82) is 0 Å². The van der Waals surface area contributed by atoms with E-state index in [2.05, 4.69) is 15.5 Å². The quantitative estimate of drug-likeness (QED) is 0.869. The van der Waals surface area contributed by atoms with Crippen LogP contribution in [0, 0.1) is 11.8 Å². The van der Waals surface area contributed by atoms with E-state index in [0.717, 1.165) is 6.42 Å². The highest BCUT2D eigenvalue weighted by Crippen LogP contribution is 2.32. The van der Waals surface area contributed by atoms with Gasteiger partial charge in [-0.25, -0.2) is 0 Å². The average molecular weight is 270 g/mol. The van der Waals surface area contributed by atoms with Crippen molar-refractivity contribution in [1.82, 2.24) is 10.2 Å². The van der Waals surface area contributed by atoms with Crippen molar-refractivity contribution >= 4 is 29.3 Å². The predicted molar refractivity (Wildman–Crippen MR) is 64.1 cm³/mol. The number of carbonyl (C=O) groups is 2. The fourth-order valence-corrected chi connectivity index (χ4v) is 2.27. The van der Waals surface area contributed by atoms with Crippen LogP contribution in [0.3, 0.4) is 0 Å². The molecule has 0 saturated heterocycles. The van der Waals surface area contributed by atoms with E-state index in [4.69, 9.17) is 16.7 Å². The zero-order valence-corrected chi connectivity index (χ0v) is 10.2. The van der Waals surface area contributed by atoms with Gasteiger partial charge in [-0.05, 0) is 25.0 Å². The summed E-state index contributed by atoms with van der Waals surface area (Å²) in [4.78, 5) is 22.9. The molecule has 1 fully saturated rings. The van der Waals surface area contributed by atoms with Gasteiger partial charge in [0, 0.05) is 0 Å². The van der Waals surface area contributed by atoms with Crippen LogP contribution in [0.5, 0.6) is 0 Å². The summed E-state index contributed by atoms with van der Waals surface area (Å²) in [5, 5.41) is 19.1. The maximum Gasteiger partial charge on any atom is 0.307 e. The van der Waals surface area contributed by atoms with Crippen LogP contribution in [0.4, 0.5) is 5.82 Å². The Morgan fingerprint density at radius 3 is 2.61 bits per heavy atom. The summed E-state index contributed by atoms with van der Waals surface area (Å²) < 4.78 is 0. The molecule has 1 aliphatic rings. The molecule has 0 spiro atoms. The molecule has 0 radical (unpaired) electrons. The summed E-state index contributed by atoms with van der Waals surface area (Å²) in [6.07, 6.45) is 1.88. The SMILES string of the molecule is O=C(O)C1CCCC1C(=O)Nc1ccc(Cl)nn1. The number of anilines is 1. The average Bonchev–Trinajstić information content (AvgIpc) is 2.81. The van der Waals surface area contributed by atoms with Crippen LogP contribution < -0.4 is 5.32 Å². The van der Waals surface area contributed by atoms with Crippen molar-refractivity contribution in [2.24, 2.45) is 11.8 Å². The first-order valence-electron chi connectivity index (χ1n) is 5.61. The zero-order valence-electron chi connectivity index (χ0n) is 9.47. The van der Waals surface area contributed by atoms with Gasteiger partial charge in [0.2, 0.25) is 5.91 Å². The van der Waals surface area contributed by atoms with Crippen LogP contribution in [-0.2, 0) is 9.59 Å². The number of halogens is 1. The van der Waals surface area contributed by atoms with Crippen LogP contribution in [0.2, 0.25) is 5.15 Å². The number of aromatic nitrogens is 2. The molecule has 1 aromatic rings. The number of carboxylic acids is 1. The highest BCUT2D eigenvalue weighted by atomic mass is 35.5. The van der Waals surface area contributed by atoms with Crippen LogP contribution in [0.15, 0.2) is 12.1 Å². The van der Waals surface area contributed by atoms with Crippen LogP contribution >= 0.6 is 11.6 Å². The second-order valence-electron chi connectivity index (χ2n) is 4.21. The lowest BCUT2D eigenvalue weighted by Crippen LogP contribution is -2.30. The molecular formula is C11H12ClN3O3. The van der Waals surface area contributed by atoms with Crippen molar-refractivity contribution in [2.75, 3.05) is 5.32 Å². The lowest BCUT2D eigenvalue weighted by atomic mass is 9.95. The van der Waals surface area contributed by atoms with Crippen molar-refractivity contribution in [3.05, 3.63) is 17.3 Å². The molecular weight excluding hydrogens is 258 g/mol. The molecule has 2 rings (SSSR count). The Morgan fingerprint density at radius 2 is 2.00 bits per heavy atom. The molecule has 0 aliphatic heterocycles. The molecule has 1 saturated carbocycles. The number of hydrogen-bond acceptors (Lipinski definition) is 4. The van der Waals surface area contributed by atoms with E-state index >= 15 is 0 Å². The number of hydrogen-bond donors (Lipinski definition) is 2. The number of carbonyl (C=O) groups excluding carboxylic acids is 1. The molecule has 96 valence electrons. The van der Waals surface area contributed by atoms with Gasteiger partial charge in [0.05, 0.1) is 11.8 Å². The van der Waals surface area contributed by atoms with E-state index in [9.17, 15) is 9.59 Å². The highest BCUT2D eigenvalue weighted by molar-refractivity contribution is 6.29. The van der Waals surface area contributed by atoms with E-state index in [1.807, 2.05) is 0 Å². The minimum atomic E-state index is -0.921. The smallest absolute Gasteiger partial charge is 0.307 e. The first-order chi connectivity index (χ1) is 8.58. The van der Waals surface area contributed by atoms with Crippen molar-refractivity contribution in [3.63, 3.8) is 0 Å². The van der Waals surface area contributed by atoms with Gasteiger partial charge in [0.25, 0.3) is 0 Å². The lowest BCUT2D eigenvalue weighted by molar-refractivity contribution is -0.145. The molecule has 7 heteroatoms. The van der Waals surface area contributed by atoms with Crippen LogP contribution in [0.25, 0.3) is 0 Å². The number of carboxylic acid groups (broad SMARTS) is 1. The zero-order chi connectivity index (χ0) is 13.1. The fourth-order valence-electron chi connectivity index (χ4n) is 2.17. The molecule has 1 aliphatic carbocycles. The summed E-state index contributed by atoms with van der Waals surface area (Å²) in [6.45, 7) is 0. The summed E-state index contributed by atoms with van der Waals surface area (Å²) in [7, 11) is 0. The third kappa shape index (κ3) is 2.76. The van der Waals surface area contributed by atoms with E-state index in [-0.39, 0.29) is 16.9 Å². The molecule has 2 N–H and O–H groups in total. The van der Waals surface area contributed by atoms with Gasteiger partial charge in [-0.2, -0.15) is 0 Å². The Labute approximate surface area is 108 Å².